The van der Waals surface area contributed by atoms with Crippen LogP contribution in [-0.4, -0.2) is 48.3 Å². The van der Waals surface area contributed by atoms with Gasteiger partial charge < -0.3 is 15.3 Å². The fraction of sp³-hybridized carbons (Fsp3) is 1.00. The molecule has 0 aromatic heterocycles. The summed E-state index contributed by atoms with van der Waals surface area (Å²) in [5.41, 5.74) is 0. The van der Waals surface area contributed by atoms with Crippen molar-refractivity contribution in [2.24, 2.45) is 11.8 Å². The first kappa shape index (κ1) is 11.4. The van der Waals surface area contributed by atoms with Crippen molar-refractivity contribution in [1.29, 1.82) is 0 Å². The zero-order valence-corrected chi connectivity index (χ0v) is 9.95. The van der Waals surface area contributed by atoms with E-state index in [1.807, 2.05) is 0 Å². The highest BCUT2D eigenvalue weighted by atomic mass is 16.3. The van der Waals surface area contributed by atoms with E-state index in [-0.39, 0.29) is 6.10 Å². The molecule has 0 spiro atoms. The van der Waals surface area contributed by atoms with Gasteiger partial charge in [-0.25, -0.2) is 0 Å². The fourth-order valence-corrected chi connectivity index (χ4v) is 2.70. The monoisotopic (exact) mass is 212 g/mol. The first-order valence-corrected chi connectivity index (χ1v) is 6.30. The van der Waals surface area contributed by atoms with Gasteiger partial charge in [0.1, 0.15) is 0 Å². The normalized spacial score (nSPS) is 37.2. The Bertz CT molecular complexity index is 200. The van der Waals surface area contributed by atoms with Crippen LogP contribution in [0.3, 0.4) is 0 Å². The molecule has 2 unspecified atom stereocenters. The zero-order valence-electron chi connectivity index (χ0n) is 9.95. The van der Waals surface area contributed by atoms with Gasteiger partial charge in [0.25, 0.3) is 0 Å². The minimum absolute atomic E-state index is 0.194. The second-order valence-electron chi connectivity index (χ2n) is 5.46. The van der Waals surface area contributed by atoms with Crippen LogP contribution in [0.25, 0.3) is 0 Å². The van der Waals surface area contributed by atoms with E-state index in [4.69, 9.17) is 0 Å². The first-order chi connectivity index (χ1) is 7.16. The Labute approximate surface area is 92.8 Å². The predicted molar refractivity (Wildman–Crippen MR) is 61.8 cm³/mol. The molecule has 3 heteroatoms. The Balaban J connectivity index is 1.75. The van der Waals surface area contributed by atoms with Gasteiger partial charge in [0.05, 0.1) is 6.10 Å². The second-order valence-corrected chi connectivity index (χ2v) is 5.46. The number of fused-ring (bicyclic) bond motifs is 3. The summed E-state index contributed by atoms with van der Waals surface area (Å²) in [5, 5.41) is 13.3. The van der Waals surface area contributed by atoms with Crippen LogP contribution in [0, 0.1) is 11.8 Å². The van der Waals surface area contributed by atoms with Crippen molar-refractivity contribution in [1.82, 2.24) is 10.2 Å². The molecule has 3 saturated heterocycles. The lowest BCUT2D eigenvalue weighted by Gasteiger charge is -2.45. The van der Waals surface area contributed by atoms with Crippen LogP contribution in [0.5, 0.6) is 0 Å². The molecular formula is C12H24N2O. The van der Waals surface area contributed by atoms with E-state index in [0.29, 0.717) is 12.0 Å². The van der Waals surface area contributed by atoms with Crippen LogP contribution in [0.15, 0.2) is 0 Å². The maximum absolute atomic E-state index is 9.75. The number of hydrogen-bond donors (Lipinski definition) is 2. The summed E-state index contributed by atoms with van der Waals surface area (Å²) in [5.74, 6) is 1.22. The van der Waals surface area contributed by atoms with Crippen molar-refractivity contribution in [3.8, 4) is 0 Å². The molecule has 0 aliphatic carbocycles. The van der Waals surface area contributed by atoms with E-state index >= 15 is 0 Å². The third kappa shape index (κ3) is 2.71. The highest BCUT2D eigenvalue weighted by Gasteiger charge is 2.33. The fourth-order valence-electron chi connectivity index (χ4n) is 2.70. The van der Waals surface area contributed by atoms with Crippen LogP contribution in [0.2, 0.25) is 0 Å². The lowest BCUT2D eigenvalue weighted by atomic mass is 9.84. The summed E-state index contributed by atoms with van der Waals surface area (Å²) in [7, 11) is 0. The minimum atomic E-state index is -0.194. The molecule has 2 atom stereocenters. The quantitative estimate of drug-likeness (QED) is 0.719. The van der Waals surface area contributed by atoms with E-state index in [1.54, 1.807) is 0 Å². The molecule has 3 heterocycles. The summed E-state index contributed by atoms with van der Waals surface area (Å²) in [6.07, 6.45) is 2.49. The van der Waals surface area contributed by atoms with Gasteiger partial charge >= 0.3 is 0 Å². The number of nitrogens with zero attached hydrogens (tertiary/aromatic N) is 1. The molecule has 3 rings (SSSR count). The highest BCUT2D eigenvalue weighted by Crippen LogP contribution is 2.27. The van der Waals surface area contributed by atoms with Gasteiger partial charge in [-0.1, -0.05) is 13.8 Å². The zero-order chi connectivity index (χ0) is 10.8. The number of rotatable bonds is 4. The minimum Gasteiger partial charge on any atom is -0.392 e. The van der Waals surface area contributed by atoms with Crippen LogP contribution >= 0.6 is 0 Å². The summed E-state index contributed by atoms with van der Waals surface area (Å²) < 4.78 is 0. The molecule has 0 saturated carbocycles. The molecule has 3 aliphatic heterocycles. The second kappa shape index (κ2) is 4.81. The van der Waals surface area contributed by atoms with Crippen LogP contribution < -0.4 is 5.32 Å². The van der Waals surface area contributed by atoms with E-state index in [9.17, 15) is 5.11 Å². The number of aliphatic hydroxyl groups excluding tert-OH is 1. The molecule has 0 radical (unpaired) electrons. The van der Waals surface area contributed by atoms with Gasteiger partial charge in [-0.05, 0) is 37.8 Å². The van der Waals surface area contributed by atoms with Crippen molar-refractivity contribution in [2.75, 3.05) is 26.2 Å². The van der Waals surface area contributed by atoms with Crippen molar-refractivity contribution < 1.29 is 5.11 Å². The van der Waals surface area contributed by atoms with Crippen LogP contribution in [0.4, 0.5) is 0 Å². The Morgan fingerprint density at radius 3 is 2.47 bits per heavy atom. The number of aliphatic hydroxyl groups is 1. The van der Waals surface area contributed by atoms with Gasteiger partial charge in [-0.3, -0.25) is 0 Å². The average molecular weight is 212 g/mol. The maximum atomic E-state index is 9.75. The van der Waals surface area contributed by atoms with Crippen molar-refractivity contribution in [3.05, 3.63) is 0 Å². The van der Waals surface area contributed by atoms with Gasteiger partial charge in [-0.15, -0.1) is 0 Å². The van der Waals surface area contributed by atoms with E-state index < -0.39 is 0 Å². The predicted octanol–water partition coefficient (Wildman–Crippen LogP) is 0.687. The van der Waals surface area contributed by atoms with Gasteiger partial charge in [0.2, 0.25) is 0 Å². The Morgan fingerprint density at radius 2 is 2.00 bits per heavy atom. The third-order valence-corrected chi connectivity index (χ3v) is 4.01. The molecule has 3 aliphatic rings. The Morgan fingerprint density at radius 1 is 1.33 bits per heavy atom. The maximum Gasteiger partial charge on any atom is 0.0687 e. The highest BCUT2D eigenvalue weighted by molar-refractivity contribution is 4.91. The lowest BCUT2D eigenvalue weighted by Crippen LogP contribution is -2.57. The summed E-state index contributed by atoms with van der Waals surface area (Å²) in [6, 6.07) is 0.626. The largest absolute Gasteiger partial charge is 0.392 e. The van der Waals surface area contributed by atoms with E-state index in [0.717, 1.165) is 12.5 Å². The number of nitrogens with one attached hydrogen (secondary N) is 1. The summed E-state index contributed by atoms with van der Waals surface area (Å²) >= 11 is 0. The number of piperidine rings is 3. The molecule has 15 heavy (non-hydrogen) atoms. The van der Waals surface area contributed by atoms with Crippen molar-refractivity contribution in [2.45, 2.75) is 38.8 Å². The molecule has 0 aromatic rings. The van der Waals surface area contributed by atoms with Crippen molar-refractivity contribution in [3.63, 3.8) is 0 Å². The summed E-state index contributed by atoms with van der Waals surface area (Å²) in [6.45, 7) is 8.67. The molecule has 2 bridgehead atoms. The standard InChI is InChI=1S/C12H24N2O/c1-9(2)12(15)7-13-11-8-14-5-3-10(11)4-6-14/h9-13,15H,3-8H2,1-2H3. The molecular weight excluding hydrogens is 188 g/mol. The molecule has 3 fully saturated rings. The van der Waals surface area contributed by atoms with E-state index in [1.165, 1.54) is 32.5 Å². The van der Waals surface area contributed by atoms with Crippen molar-refractivity contribution >= 4 is 0 Å². The lowest BCUT2D eigenvalue weighted by molar-refractivity contribution is 0.0569. The number of hydrogen-bond acceptors (Lipinski definition) is 3. The Kier molecular flexibility index (Phi) is 3.65. The van der Waals surface area contributed by atoms with Crippen LogP contribution in [-0.2, 0) is 0 Å². The smallest absolute Gasteiger partial charge is 0.0687 e. The third-order valence-electron chi connectivity index (χ3n) is 4.01. The molecule has 88 valence electrons. The van der Waals surface area contributed by atoms with Gasteiger partial charge in [0, 0.05) is 19.1 Å². The average Bonchev–Trinajstić information content (AvgIpc) is 2.27. The van der Waals surface area contributed by atoms with E-state index in [2.05, 4.69) is 24.1 Å². The van der Waals surface area contributed by atoms with Crippen LogP contribution in [0.1, 0.15) is 26.7 Å². The molecule has 2 N–H and O–H groups in total. The first-order valence-electron chi connectivity index (χ1n) is 6.30. The summed E-state index contributed by atoms with van der Waals surface area (Å²) in [4.78, 5) is 2.54. The Hall–Kier alpha value is -0.120. The molecule has 0 amide bonds. The van der Waals surface area contributed by atoms with Gasteiger partial charge in [-0.2, -0.15) is 0 Å². The molecule has 3 nitrogen and oxygen atoms in total. The SMILES string of the molecule is CC(C)C(O)CNC1CN2CCC1CC2. The molecule has 0 aromatic carbocycles. The van der Waals surface area contributed by atoms with Gasteiger partial charge in [0.15, 0.2) is 0 Å². The topological polar surface area (TPSA) is 35.5 Å².